The van der Waals surface area contributed by atoms with Crippen molar-refractivity contribution in [1.29, 1.82) is 0 Å². The van der Waals surface area contributed by atoms with E-state index in [1.165, 1.54) is 16.7 Å². The van der Waals surface area contributed by atoms with Crippen LogP contribution in [0, 0.1) is 20.8 Å². The topological polar surface area (TPSA) is 12.0 Å². The summed E-state index contributed by atoms with van der Waals surface area (Å²) >= 11 is 18.4. The van der Waals surface area contributed by atoms with E-state index in [1.54, 1.807) is 6.07 Å². The van der Waals surface area contributed by atoms with Gasteiger partial charge in [0.1, 0.15) is 0 Å². The Morgan fingerprint density at radius 1 is 0.905 bits per heavy atom. The van der Waals surface area contributed by atoms with E-state index in [9.17, 15) is 0 Å². The third-order valence-corrected chi connectivity index (χ3v) is 4.88. The second-order valence-corrected chi connectivity index (χ2v) is 6.57. The molecular weight excluding hydrogens is 325 g/mol. The number of benzene rings is 2. The van der Waals surface area contributed by atoms with E-state index in [-0.39, 0.29) is 6.04 Å². The lowest BCUT2D eigenvalue weighted by Crippen LogP contribution is -2.10. The molecule has 1 unspecified atom stereocenters. The predicted octanol–water partition coefficient (Wildman–Crippen LogP) is 6.75. The molecule has 0 saturated heterocycles. The standard InChI is InChI=1S/C17H18Cl3N/c1-9-7-10(2)17(11(3)8-9)21-12(4)13-5-6-14(18)16(20)15(13)19/h5-8,12,21H,1-4H3. The third-order valence-electron chi connectivity index (χ3n) is 3.57. The van der Waals surface area contributed by atoms with Crippen LogP contribution >= 0.6 is 34.8 Å². The van der Waals surface area contributed by atoms with E-state index < -0.39 is 0 Å². The fourth-order valence-electron chi connectivity index (χ4n) is 2.58. The van der Waals surface area contributed by atoms with E-state index in [4.69, 9.17) is 34.8 Å². The fourth-order valence-corrected chi connectivity index (χ4v) is 3.28. The zero-order valence-electron chi connectivity index (χ0n) is 12.5. The van der Waals surface area contributed by atoms with Crippen LogP contribution in [0.25, 0.3) is 0 Å². The van der Waals surface area contributed by atoms with Gasteiger partial charge in [-0.3, -0.25) is 0 Å². The van der Waals surface area contributed by atoms with Crippen LogP contribution in [0.4, 0.5) is 5.69 Å². The van der Waals surface area contributed by atoms with Gasteiger partial charge in [-0.1, -0.05) is 58.6 Å². The third kappa shape index (κ3) is 3.48. The summed E-state index contributed by atoms with van der Waals surface area (Å²) in [5, 5.41) is 4.91. The quantitative estimate of drug-likeness (QED) is 0.609. The normalized spacial score (nSPS) is 12.3. The predicted molar refractivity (Wildman–Crippen MR) is 94.2 cm³/mol. The van der Waals surface area contributed by atoms with Gasteiger partial charge in [0.15, 0.2) is 0 Å². The summed E-state index contributed by atoms with van der Waals surface area (Å²) in [4.78, 5) is 0. The van der Waals surface area contributed by atoms with Gasteiger partial charge >= 0.3 is 0 Å². The molecule has 0 aromatic heterocycles. The Morgan fingerprint density at radius 2 is 1.48 bits per heavy atom. The molecule has 0 spiro atoms. The number of halogens is 3. The zero-order chi connectivity index (χ0) is 15.7. The molecule has 4 heteroatoms. The smallest absolute Gasteiger partial charge is 0.0782 e. The van der Waals surface area contributed by atoms with Crippen molar-refractivity contribution in [2.24, 2.45) is 0 Å². The van der Waals surface area contributed by atoms with Crippen molar-refractivity contribution in [3.05, 3.63) is 61.6 Å². The Hall–Kier alpha value is -0.890. The van der Waals surface area contributed by atoms with Crippen LogP contribution in [0.1, 0.15) is 35.2 Å². The zero-order valence-corrected chi connectivity index (χ0v) is 14.8. The maximum absolute atomic E-state index is 6.31. The van der Waals surface area contributed by atoms with Gasteiger partial charge < -0.3 is 5.32 Å². The van der Waals surface area contributed by atoms with Gasteiger partial charge in [0.05, 0.1) is 21.1 Å². The molecule has 21 heavy (non-hydrogen) atoms. The molecule has 0 fully saturated rings. The van der Waals surface area contributed by atoms with Crippen molar-refractivity contribution in [3.8, 4) is 0 Å². The highest BCUT2D eigenvalue weighted by molar-refractivity contribution is 6.48. The van der Waals surface area contributed by atoms with Gasteiger partial charge in [-0.15, -0.1) is 0 Å². The van der Waals surface area contributed by atoms with Gasteiger partial charge in [0.2, 0.25) is 0 Å². The second-order valence-electron chi connectivity index (χ2n) is 5.40. The molecule has 2 aromatic carbocycles. The molecular formula is C17H18Cl3N. The number of aryl methyl sites for hydroxylation is 3. The number of anilines is 1. The molecule has 112 valence electrons. The highest BCUT2D eigenvalue weighted by atomic mass is 35.5. The van der Waals surface area contributed by atoms with Crippen LogP contribution in [-0.4, -0.2) is 0 Å². The van der Waals surface area contributed by atoms with Crippen LogP contribution < -0.4 is 5.32 Å². The minimum atomic E-state index is 0.0346. The average Bonchev–Trinajstić information content (AvgIpc) is 2.40. The Kier molecular flexibility index (Phi) is 5.08. The van der Waals surface area contributed by atoms with Crippen molar-refractivity contribution in [1.82, 2.24) is 0 Å². The van der Waals surface area contributed by atoms with Crippen LogP contribution in [0.15, 0.2) is 24.3 Å². The van der Waals surface area contributed by atoms with Crippen LogP contribution in [0.3, 0.4) is 0 Å². The van der Waals surface area contributed by atoms with E-state index in [1.807, 2.05) is 6.07 Å². The molecule has 0 bridgehead atoms. The molecule has 1 atom stereocenters. The summed E-state index contributed by atoms with van der Waals surface area (Å²) in [7, 11) is 0. The Bertz CT molecular complexity index is 657. The van der Waals surface area contributed by atoms with Crippen LogP contribution in [0.2, 0.25) is 15.1 Å². The maximum atomic E-state index is 6.31. The molecule has 1 nitrogen and oxygen atoms in total. The monoisotopic (exact) mass is 341 g/mol. The largest absolute Gasteiger partial charge is 0.378 e. The molecule has 0 aliphatic carbocycles. The molecule has 0 heterocycles. The summed E-state index contributed by atoms with van der Waals surface area (Å²) in [5.41, 5.74) is 5.77. The molecule has 2 rings (SSSR count). The van der Waals surface area contributed by atoms with Crippen molar-refractivity contribution in [2.45, 2.75) is 33.7 Å². The SMILES string of the molecule is Cc1cc(C)c(NC(C)c2ccc(Cl)c(Cl)c2Cl)c(C)c1. The summed E-state index contributed by atoms with van der Waals surface area (Å²) in [5.74, 6) is 0. The van der Waals surface area contributed by atoms with Crippen LogP contribution in [0.5, 0.6) is 0 Å². The summed E-state index contributed by atoms with van der Waals surface area (Å²) in [6.07, 6.45) is 0. The van der Waals surface area contributed by atoms with Gasteiger partial charge in [-0.05, 0) is 50.5 Å². The number of hydrogen-bond acceptors (Lipinski definition) is 1. The van der Waals surface area contributed by atoms with Gasteiger partial charge in [0, 0.05) is 5.69 Å². The summed E-state index contributed by atoms with van der Waals surface area (Å²) in [6.45, 7) is 8.37. The lowest BCUT2D eigenvalue weighted by molar-refractivity contribution is 0.880. The molecule has 0 radical (unpaired) electrons. The average molecular weight is 343 g/mol. The second kappa shape index (κ2) is 6.48. The number of hydrogen-bond donors (Lipinski definition) is 1. The lowest BCUT2D eigenvalue weighted by Gasteiger charge is -2.21. The first-order valence-corrected chi connectivity index (χ1v) is 7.92. The molecule has 0 aliphatic heterocycles. The van der Waals surface area contributed by atoms with Crippen molar-refractivity contribution >= 4 is 40.5 Å². The molecule has 1 N–H and O–H groups in total. The van der Waals surface area contributed by atoms with Gasteiger partial charge in [0.25, 0.3) is 0 Å². The molecule has 0 saturated carbocycles. The maximum Gasteiger partial charge on any atom is 0.0782 e. The molecule has 2 aromatic rings. The first-order valence-electron chi connectivity index (χ1n) is 6.79. The van der Waals surface area contributed by atoms with Crippen molar-refractivity contribution in [2.75, 3.05) is 5.32 Å². The molecule has 0 aliphatic rings. The van der Waals surface area contributed by atoms with Gasteiger partial charge in [-0.25, -0.2) is 0 Å². The van der Waals surface area contributed by atoms with Crippen molar-refractivity contribution < 1.29 is 0 Å². The van der Waals surface area contributed by atoms with E-state index in [0.717, 1.165) is 11.3 Å². The summed E-state index contributed by atoms with van der Waals surface area (Å²) < 4.78 is 0. The summed E-state index contributed by atoms with van der Waals surface area (Å²) in [6, 6.07) is 8.05. The minimum absolute atomic E-state index is 0.0346. The fraction of sp³-hybridized carbons (Fsp3) is 0.294. The van der Waals surface area contributed by atoms with E-state index in [2.05, 4.69) is 45.1 Å². The highest BCUT2D eigenvalue weighted by Gasteiger charge is 2.15. The molecule has 0 amide bonds. The first kappa shape index (κ1) is 16.5. The highest BCUT2D eigenvalue weighted by Crippen LogP contribution is 2.37. The Labute approximate surface area is 141 Å². The van der Waals surface area contributed by atoms with E-state index in [0.29, 0.717) is 15.1 Å². The Balaban J connectivity index is 2.35. The Morgan fingerprint density at radius 3 is 2.05 bits per heavy atom. The lowest BCUT2D eigenvalue weighted by atomic mass is 10.0. The van der Waals surface area contributed by atoms with Crippen molar-refractivity contribution in [3.63, 3.8) is 0 Å². The van der Waals surface area contributed by atoms with Crippen LogP contribution in [-0.2, 0) is 0 Å². The van der Waals surface area contributed by atoms with Gasteiger partial charge in [-0.2, -0.15) is 0 Å². The minimum Gasteiger partial charge on any atom is -0.378 e. The number of nitrogens with one attached hydrogen (secondary N) is 1. The number of rotatable bonds is 3. The first-order chi connectivity index (χ1) is 9.81. The van der Waals surface area contributed by atoms with E-state index >= 15 is 0 Å².